The molecule has 14 heavy (non-hydrogen) atoms. The van der Waals surface area contributed by atoms with Gasteiger partial charge in [0.2, 0.25) is 5.91 Å². The Labute approximate surface area is 87.3 Å². The fraction of sp³-hybridized carbons (Fsp3) is 0.857. The van der Waals surface area contributed by atoms with Crippen molar-refractivity contribution in [2.24, 2.45) is 5.41 Å². The van der Waals surface area contributed by atoms with E-state index in [0.29, 0.717) is 26.4 Å². The Kier molecular flexibility index (Phi) is 2.66. The average Bonchev–Trinajstić information content (AvgIpc) is 2.20. The van der Waals surface area contributed by atoms with Gasteiger partial charge in [-0.05, 0) is 18.7 Å². The highest BCUT2D eigenvalue weighted by molar-refractivity contribution is 8.07. The zero-order valence-corrected chi connectivity index (χ0v) is 9.53. The van der Waals surface area contributed by atoms with Crippen LogP contribution in [0.15, 0.2) is 0 Å². The van der Waals surface area contributed by atoms with Crippen LogP contribution in [-0.4, -0.2) is 32.3 Å². The summed E-state index contributed by atoms with van der Waals surface area (Å²) in [6, 6.07) is 0. The molecule has 0 aromatic carbocycles. The maximum Gasteiger partial charge on any atom is 0.327 e. The van der Waals surface area contributed by atoms with Crippen LogP contribution in [0.1, 0.15) is 6.92 Å². The molecule has 7 heteroatoms. The lowest BCUT2D eigenvalue weighted by Gasteiger charge is -2.44. The predicted octanol–water partition coefficient (Wildman–Crippen LogP) is 0.410. The second kappa shape index (κ2) is 3.54. The lowest BCUT2D eigenvalue weighted by Crippen LogP contribution is -2.54. The summed E-state index contributed by atoms with van der Waals surface area (Å²) in [6.07, 6.45) is 0. The van der Waals surface area contributed by atoms with Gasteiger partial charge < -0.3 is 18.9 Å². The van der Waals surface area contributed by atoms with Crippen LogP contribution >= 0.6 is 6.72 Å². The van der Waals surface area contributed by atoms with Crippen molar-refractivity contribution in [1.82, 2.24) is 5.32 Å². The molecule has 2 bridgehead atoms. The Balaban J connectivity index is 2.12. The van der Waals surface area contributed by atoms with Crippen LogP contribution < -0.4 is 5.32 Å². The van der Waals surface area contributed by atoms with E-state index in [9.17, 15) is 4.79 Å². The molecular formula is C7H12NO4PS. The first kappa shape index (κ1) is 10.5. The molecule has 3 heterocycles. The van der Waals surface area contributed by atoms with Crippen molar-refractivity contribution in [1.29, 1.82) is 0 Å². The Morgan fingerprint density at radius 2 is 1.93 bits per heavy atom. The van der Waals surface area contributed by atoms with Crippen LogP contribution in [-0.2, 0) is 30.2 Å². The topological polar surface area (TPSA) is 56.8 Å². The molecular weight excluding hydrogens is 225 g/mol. The van der Waals surface area contributed by atoms with Gasteiger partial charge in [0.1, 0.15) is 5.41 Å². The normalized spacial score (nSPS) is 40.9. The smallest absolute Gasteiger partial charge is 0.327 e. The van der Waals surface area contributed by atoms with Crippen molar-refractivity contribution in [2.45, 2.75) is 6.92 Å². The molecule has 80 valence electrons. The number of fused-ring (bicyclic) bond motifs is 3. The van der Waals surface area contributed by atoms with Gasteiger partial charge in [-0.3, -0.25) is 4.79 Å². The fourth-order valence-electron chi connectivity index (χ4n) is 1.39. The minimum atomic E-state index is -2.48. The number of carbonyl (C=O) groups is 1. The fourth-order valence-corrected chi connectivity index (χ4v) is 3.30. The van der Waals surface area contributed by atoms with Gasteiger partial charge in [0, 0.05) is 6.54 Å². The maximum atomic E-state index is 11.7. The van der Waals surface area contributed by atoms with E-state index in [0.717, 1.165) is 0 Å². The van der Waals surface area contributed by atoms with Gasteiger partial charge in [0.15, 0.2) is 0 Å². The molecule has 1 N–H and O–H groups in total. The zero-order chi connectivity index (χ0) is 10.2. The number of hydrogen-bond acceptors (Lipinski definition) is 5. The summed E-state index contributed by atoms with van der Waals surface area (Å²) in [5.74, 6) is -0.0825. The Bertz CT molecular complexity index is 277. The molecule has 0 radical (unpaired) electrons. The number of carbonyl (C=O) groups excluding carboxylic acids is 1. The Morgan fingerprint density at radius 1 is 1.43 bits per heavy atom. The molecule has 0 atom stereocenters. The molecule has 0 aromatic heterocycles. The molecule has 0 aromatic rings. The second-order valence-corrected chi connectivity index (χ2v) is 6.42. The summed E-state index contributed by atoms with van der Waals surface area (Å²) < 4.78 is 15.8. The molecule has 3 aliphatic heterocycles. The minimum Gasteiger partial charge on any atom is -0.356 e. The summed E-state index contributed by atoms with van der Waals surface area (Å²) in [6.45, 7) is 0.931. The van der Waals surface area contributed by atoms with E-state index in [-0.39, 0.29) is 5.91 Å². The number of rotatable bonds is 2. The van der Waals surface area contributed by atoms with Gasteiger partial charge in [-0.25, -0.2) is 0 Å². The second-order valence-electron chi connectivity index (χ2n) is 3.41. The van der Waals surface area contributed by atoms with Gasteiger partial charge >= 0.3 is 6.72 Å². The number of amides is 1. The molecule has 3 fully saturated rings. The van der Waals surface area contributed by atoms with Crippen LogP contribution in [0.4, 0.5) is 0 Å². The van der Waals surface area contributed by atoms with E-state index >= 15 is 0 Å². The zero-order valence-electron chi connectivity index (χ0n) is 7.82. The molecule has 0 unspecified atom stereocenters. The van der Waals surface area contributed by atoms with E-state index in [2.05, 4.69) is 5.32 Å². The summed E-state index contributed by atoms with van der Waals surface area (Å²) >= 11 is 5.01. The van der Waals surface area contributed by atoms with Crippen molar-refractivity contribution in [3.05, 3.63) is 0 Å². The molecule has 0 saturated carbocycles. The Hall–Kier alpha value is -0.0000000000000000694. The lowest BCUT2D eigenvalue weighted by atomic mass is 9.90. The first-order valence-corrected chi connectivity index (χ1v) is 6.98. The highest BCUT2D eigenvalue weighted by Gasteiger charge is 2.52. The molecule has 1 amide bonds. The number of hydrogen-bond donors (Lipinski definition) is 1. The quantitative estimate of drug-likeness (QED) is 0.705. The van der Waals surface area contributed by atoms with E-state index in [1.165, 1.54) is 0 Å². The molecule has 5 nitrogen and oxygen atoms in total. The Morgan fingerprint density at radius 3 is 2.36 bits per heavy atom. The van der Waals surface area contributed by atoms with Gasteiger partial charge in [0.05, 0.1) is 19.8 Å². The summed E-state index contributed by atoms with van der Waals surface area (Å²) in [7, 11) is 0. The monoisotopic (exact) mass is 237 g/mol. The van der Waals surface area contributed by atoms with Gasteiger partial charge in [0.25, 0.3) is 0 Å². The predicted molar refractivity (Wildman–Crippen MR) is 53.3 cm³/mol. The third-order valence-corrected chi connectivity index (χ3v) is 4.60. The van der Waals surface area contributed by atoms with E-state index in [1.807, 2.05) is 6.92 Å². The first-order chi connectivity index (χ1) is 6.60. The van der Waals surface area contributed by atoms with Crippen LogP contribution in [0.2, 0.25) is 0 Å². The molecule has 0 aliphatic carbocycles. The third-order valence-electron chi connectivity index (χ3n) is 2.32. The van der Waals surface area contributed by atoms with Crippen molar-refractivity contribution >= 4 is 24.4 Å². The number of nitrogens with one attached hydrogen (secondary N) is 1. The average molecular weight is 237 g/mol. The van der Waals surface area contributed by atoms with Crippen LogP contribution in [0.25, 0.3) is 0 Å². The minimum absolute atomic E-state index is 0.0825. The first-order valence-electron chi connectivity index (χ1n) is 4.42. The van der Waals surface area contributed by atoms with Crippen molar-refractivity contribution in [3.8, 4) is 0 Å². The third kappa shape index (κ3) is 1.61. The SMILES string of the molecule is CCNC(=O)C12COP(=S)(OC1)OC2. The molecule has 0 spiro atoms. The van der Waals surface area contributed by atoms with Crippen molar-refractivity contribution in [3.63, 3.8) is 0 Å². The highest BCUT2D eigenvalue weighted by Crippen LogP contribution is 2.60. The maximum absolute atomic E-state index is 11.7. The van der Waals surface area contributed by atoms with E-state index < -0.39 is 12.1 Å². The van der Waals surface area contributed by atoms with Crippen LogP contribution in [0, 0.1) is 5.41 Å². The van der Waals surface area contributed by atoms with Gasteiger partial charge in [-0.2, -0.15) is 0 Å². The summed E-state index contributed by atoms with van der Waals surface area (Å²) in [4.78, 5) is 11.7. The van der Waals surface area contributed by atoms with E-state index in [1.54, 1.807) is 0 Å². The van der Waals surface area contributed by atoms with Gasteiger partial charge in [-0.1, -0.05) is 0 Å². The van der Waals surface area contributed by atoms with Crippen LogP contribution in [0.3, 0.4) is 0 Å². The largest absolute Gasteiger partial charge is 0.356 e. The summed E-state index contributed by atoms with van der Waals surface area (Å²) in [5, 5.41) is 2.74. The highest BCUT2D eigenvalue weighted by atomic mass is 32.5. The summed E-state index contributed by atoms with van der Waals surface area (Å²) in [5.41, 5.74) is -0.684. The molecule has 3 rings (SSSR count). The lowest BCUT2D eigenvalue weighted by molar-refractivity contribution is -0.148. The molecule has 3 aliphatic rings. The standard InChI is InChI=1S/C7H12NO4PS/c1-2-8-6(9)7-3-10-13(14,11-4-7)12-5-7/h2-5H2,1H3,(H,8,9). The van der Waals surface area contributed by atoms with Gasteiger partial charge in [-0.15, -0.1) is 0 Å². The van der Waals surface area contributed by atoms with Crippen molar-refractivity contribution < 1.29 is 18.4 Å². The molecule has 3 saturated heterocycles. The van der Waals surface area contributed by atoms with Crippen molar-refractivity contribution in [2.75, 3.05) is 26.4 Å². The van der Waals surface area contributed by atoms with Crippen LogP contribution in [0.5, 0.6) is 0 Å². The van der Waals surface area contributed by atoms with E-state index in [4.69, 9.17) is 25.4 Å².